The quantitative estimate of drug-likeness (QED) is 0.822. The van der Waals surface area contributed by atoms with Crippen molar-refractivity contribution in [1.29, 1.82) is 0 Å². The van der Waals surface area contributed by atoms with E-state index >= 15 is 0 Å². The van der Waals surface area contributed by atoms with Crippen LogP contribution >= 0.6 is 0 Å². The second-order valence-corrected chi connectivity index (χ2v) is 4.37. The van der Waals surface area contributed by atoms with Crippen molar-refractivity contribution in [2.45, 2.75) is 40.2 Å². The molecule has 0 bridgehead atoms. The number of aromatic hydroxyl groups is 1. The van der Waals surface area contributed by atoms with Gasteiger partial charge in [0.25, 0.3) is 0 Å². The fourth-order valence-corrected chi connectivity index (χ4v) is 2.12. The lowest BCUT2D eigenvalue weighted by atomic mass is 10.0. The zero-order chi connectivity index (χ0) is 12.1. The van der Waals surface area contributed by atoms with E-state index in [9.17, 15) is 5.11 Å². The Labute approximate surface area is 98.9 Å². The Bertz CT molecular complexity index is 336. The first-order chi connectivity index (χ1) is 7.60. The number of nitrogens with zero attached hydrogens (tertiary/aromatic N) is 1. The normalized spacial score (nSPS) is 13.1. The Kier molecular flexibility index (Phi) is 4.81. The third-order valence-electron chi connectivity index (χ3n) is 3.10. The van der Waals surface area contributed by atoms with Crippen LogP contribution in [0.2, 0.25) is 0 Å². The van der Waals surface area contributed by atoms with Crippen LogP contribution in [0.25, 0.3) is 0 Å². The van der Waals surface area contributed by atoms with Gasteiger partial charge < -0.3 is 5.11 Å². The third-order valence-corrected chi connectivity index (χ3v) is 3.10. The van der Waals surface area contributed by atoms with E-state index in [2.05, 4.69) is 31.7 Å². The summed E-state index contributed by atoms with van der Waals surface area (Å²) in [5, 5.41) is 9.95. The molecule has 0 radical (unpaired) electrons. The van der Waals surface area contributed by atoms with Crippen molar-refractivity contribution in [2.75, 3.05) is 13.1 Å². The lowest BCUT2D eigenvalue weighted by Crippen LogP contribution is -2.27. The first kappa shape index (κ1) is 13.0. The Balaban J connectivity index is 2.89. The molecule has 0 saturated heterocycles. The molecule has 1 aromatic carbocycles. The van der Waals surface area contributed by atoms with Gasteiger partial charge in [-0.25, -0.2) is 0 Å². The molecule has 1 N–H and O–H groups in total. The summed E-state index contributed by atoms with van der Waals surface area (Å²) < 4.78 is 0. The van der Waals surface area contributed by atoms with E-state index in [0.717, 1.165) is 30.6 Å². The maximum Gasteiger partial charge on any atom is 0.120 e. The Morgan fingerprint density at radius 2 is 2.00 bits per heavy atom. The van der Waals surface area contributed by atoms with E-state index in [1.165, 1.54) is 0 Å². The molecule has 0 spiro atoms. The second-order valence-electron chi connectivity index (χ2n) is 4.37. The van der Waals surface area contributed by atoms with Gasteiger partial charge in [0.1, 0.15) is 5.75 Å². The van der Waals surface area contributed by atoms with Crippen LogP contribution in [0, 0.1) is 6.92 Å². The highest BCUT2D eigenvalue weighted by atomic mass is 16.3. The number of aryl methyl sites for hydroxylation is 1. The van der Waals surface area contributed by atoms with E-state index in [0.29, 0.717) is 5.75 Å². The van der Waals surface area contributed by atoms with Gasteiger partial charge in [0.15, 0.2) is 0 Å². The summed E-state index contributed by atoms with van der Waals surface area (Å²) in [6.07, 6.45) is 1.14. The monoisotopic (exact) mass is 221 g/mol. The number of phenols is 1. The fourth-order valence-electron chi connectivity index (χ4n) is 2.12. The Morgan fingerprint density at radius 1 is 1.31 bits per heavy atom. The summed E-state index contributed by atoms with van der Waals surface area (Å²) in [4.78, 5) is 2.38. The van der Waals surface area contributed by atoms with Crippen LogP contribution in [-0.2, 0) is 0 Å². The Morgan fingerprint density at radius 3 is 2.50 bits per heavy atom. The van der Waals surface area contributed by atoms with Crippen LogP contribution in [0.1, 0.15) is 44.4 Å². The number of phenolic OH excluding ortho intramolecular Hbond substituents is 1. The molecule has 0 aromatic heterocycles. The molecule has 0 fully saturated rings. The Hall–Kier alpha value is -1.02. The van der Waals surface area contributed by atoms with Crippen LogP contribution < -0.4 is 0 Å². The molecule has 16 heavy (non-hydrogen) atoms. The smallest absolute Gasteiger partial charge is 0.120 e. The summed E-state index contributed by atoms with van der Waals surface area (Å²) in [6, 6.07) is 6.22. The van der Waals surface area contributed by atoms with Crippen molar-refractivity contribution in [2.24, 2.45) is 0 Å². The van der Waals surface area contributed by atoms with Gasteiger partial charge in [0.2, 0.25) is 0 Å². The molecule has 0 heterocycles. The summed E-state index contributed by atoms with van der Waals surface area (Å²) in [7, 11) is 0. The molecule has 90 valence electrons. The number of benzene rings is 1. The number of hydrogen-bond donors (Lipinski definition) is 1. The van der Waals surface area contributed by atoms with Gasteiger partial charge in [0.05, 0.1) is 0 Å². The van der Waals surface area contributed by atoms with Gasteiger partial charge in [-0.1, -0.05) is 26.0 Å². The highest BCUT2D eigenvalue weighted by Gasteiger charge is 2.16. The second kappa shape index (κ2) is 5.90. The predicted octanol–water partition coefficient (Wildman–Crippen LogP) is 3.49. The van der Waals surface area contributed by atoms with Crippen molar-refractivity contribution in [3.05, 3.63) is 29.3 Å². The minimum atomic E-state index is 0.283. The van der Waals surface area contributed by atoms with Gasteiger partial charge in [-0.2, -0.15) is 0 Å². The van der Waals surface area contributed by atoms with E-state index in [1.54, 1.807) is 0 Å². The molecule has 0 amide bonds. The number of hydrogen-bond acceptors (Lipinski definition) is 2. The van der Waals surface area contributed by atoms with Crippen molar-refractivity contribution in [3.63, 3.8) is 0 Å². The number of rotatable bonds is 5. The zero-order valence-electron chi connectivity index (χ0n) is 10.8. The lowest BCUT2D eigenvalue weighted by molar-refractivity contribution is 0.218. The summed E-state index contributed by atoms with van der Waals surface area (Å²) in [5.74, 6) is 0.419. The standard InChI is InChI=1S/C14H23NO/c1-5-9-15(6-2)12(4)13-8-7-11(3)10-14(13)16/h7-8,10,12,16H,5-6,9H2,1-4H3. The molecule has 2 nitrogen and oxygen atoms in total. The third kappa shape index (κ3) is 2.99. The maximum atomic E-state index is 9.95. The van der Waals surface area contributed by atoms with Crippen LogP contribution in [0.3, 0.4) is 0 Å². The molecule has 1 aromatic rings. The molecule has 2 heteroatoms. The zero-order valence-corrected chi connectivity index (χ0v) is 10.8. The van der Waals surface area contributed by atoms with E-state index < -0.39 is 0 Å². The SMILES string of the molecule is CCCN(CC)C(C)c1ccc(C)cc1O. The first-order valence-electron chi connectivity index (χ1n) is 6.13. The molecular formula is C14H23NO. The molecule has 1 rings (SSSR count). The highest BCUT2D eigenvalue weighted by molar-refractivity contribution is 5.37. The van der Waals surface area contributed by atoms with Crippen LogP contribution in [0.5, 0.6) is 5.75 Å². The molecule has 0 saturated carbocycles. The first-order valence-corrected chi connectivity index (χ1v) is 6.13. The molecule has 0 aliphatic rings. The van der Waals surface area contributed by atoms with E-state index in [1.807, 2.05) is 19.1 Å². The maximum absolute atomic E-state index is 9.95. The van der Waals surface area contributed by atoms with Gasteiger partial charge >= 0.3 is 0 Å². The summed E-state index contributed by atoms with van der Waals surface area (Å²) in [5.41, 5.74) is 2.13. The van der Waals surface area contributed by atoms with Crippen LogP contribution in [-0.4, -0.2) is 23.1 Å². The van der Waals surface area contributed by atoms with Crippen molar-refractivity contribution in [1.82, 2.24) is 4.90 Å². The van der Waals surface area contributed by atoms with E-state index in [4.69, 9.17) is 0 Å². The fraction of sp³-hybridized carbons (Fsp3) is 0.571. The molecule has 1 atom stereocenters. The van der Waals surface area contributed by atoms with Crippen molar-refractivity contribution in [3.8, 4) is 5.75 Å². The predicted molar refractivity (Wildman–Crippen MR) is 68.8 cm³/mol. The minimum Gasteiger partial charge on any atom is -0.508 e. The average Bonchev–Trinajstić information content (AvgIpc) is 2.25. The van der Waals surface area contributed by atoms with Gasteiger partial charge in [-0.3, -0.25) is 4.90 Å². The van der Waals surface area contributed by atoms with Crippen molar-refractivity contribution >= 4 is 0 Å². The topological polar surface area (TPSA) is 23.5 Å². The van der Waals surface area contributed by atoms with Gasteiger partial charge in [0, 0.05) is 11.6 Å². The van der Waals surface area contributed by atoms with Gasteiger partial charge in [-0.15, -0.1) is 0 Å². The summed E-state index contributed by atoms with van der Waals surface area (Å²) >= 11 is 0. The van der Waals surface area contributed by atoms with Crippen LogP contribution in [0.15, 0.2) is 18.2 Å². The van der Waals surface area contributed by atoms with Gasteiger partial charge in [-0.05, 0) is 45.0 Å². The highest BCUT2D eigenvalue weighted by Crippen LogP contribution is 2.29. The molecule has 0 aliphatic carbocycles. The van der Waals surface area contributed by atoms with E-state index in [-0.39, 0.29) is 6.04 Å². The molecule has 1 unspecified atom stereocenters. The largest absolute Gasteiger partial charge is 0.508 e. The summed E-state index contributed by atoms with van der Waals surface area (Å²) in [6.45, 7) is 10.6. The molecule has 0 aliphatic heterocycles. The molecular weight excluding hydrogens is 198 g/mol. The van der Waals surface area contributed by atoms with Crippen LogP contribution in [0.4, 0.5) is 0 Å². The minimum absolute atomic E-state index is 0.283. The average molecular weight is 221 g/mol. The lowest BCUT2D eigenvalue weighted by Gasteiger charge is -2.28. The van der Waals surface area contributed by atoms with Crippen molar-refractivity contribution < 1.29 is 5.11 Å².